The highest BCUT2D eigenvalue weighted by molar-refractivity contribution is 5.95. The fraction of sp³-hybridized carbons (Fsp3) is 0.300. The SMILES string of the molecule is O=C(CCCCN1C(=O)OCC1c1ccccc1)c1ccc(F)cc1. The molecular formula is C20H20FNO3. The van der Waals surface area contributed by atoms with E-state index < -0.39 is 0 Å². The van der Waals surface area contributed by atoms with Crippen LogP contribution < -0.4 is 0 Å². The minimum atomic E-state index is -0.351. The monoisotopic (exact) mass is 341 g/mol. The van der Waals surface area contributed by atoms with Crippen molar-refractivity contribution < 1.29 is 18.7 Å². The van der Waals surface area contributed by atoms with Crippen LogP contribution in [0.1, 0.15) is 41.2 Å². The zero-order valence-corrected chi connectivity index (χ0v) is 13.9. The van der Waals surface area contributed by atoms with E-state index in [1.54, 1.807) is 4.90 Å². The maximum atomic E-state index is 12.9. The predicted octanol–water partition coefficient (Wildman–Crippen LogP) is 4.37. The topological polar surface area (TPSA) is 46.6 Å². The van der Waals surface area contributed by atoms with Crippen molar-refractivity contribution in [2.75, 3.05) is 13.2 Å². The Hall–Kier alpha value is -2.69. The number of ketones is 1. The van der Waals surface area contributed by atoms with E-state index in [2.05, 4.69) is 0 Å². The van der Waals surface area contributed by atoms with Gasteiger partial charge in [-0.25, -0.2) is 9.18 Å². The van der Waals surface area contributed by atoms with Crippen molar-refractivity contribution in [3.8, 4) is 0 Å². The van der Waals surface area contributed by atoms with Gasteiger partial charge in [0.15, 0.2) is 5.78 Å². The smallest absolute Gasteiger partial charge is 0.410 e. The molecule has 2 aromatic carbocycles. The summed E-state index contributed by atoms with van der Waals surface area (Å²) in [7, 11) is 0. The highest BCUT2D eigenvalue weighted by Crippen LogP contribution is 2.27. The number of amides is 1. The molecule has 5 heteroatoms. The molecule has 3 rings (SSSR count). The summed E-state index contributed by atoms with van der Waals surface area (Å²) >= 11 is 0. The van der Waals surface area contributed by atoms with Crippen LogP contribution in [-0.4, -0.2) is 29.9 Å². The fourth-order valence-electron chi connectivity index (χ4n) is 3.00. The minimum absolute atomic E-state index is 0.0105. The molecule has 1 aliphatic heterocycles. The van der Waals surface area contributed by atoms with Crippen molar-refractivity contribution in [1.82, 2.24) is 4.90 Å². The largest absolute Gasteiger partial charge is 0.447 e. The third kappa shape index (κ3) is 4.24. The zero-order valence-electron chi connectivity index (χ0n) is 13.9. The van der Waals surface area contributed by atoms with Gasteiger partial charge in [-0.05, 0) is 42.7 Å². The molecule has 1 amide bonds. The molecule has 0 bridgehead atoms. The first-order valence-corrected chi connectivity index (χ1v) is 8.42. The third-order valence-electron chi connectivity index (χ3n) is 4.38. The quantitative estimate of drug-likeness (QED) is 0.555. The number of carbonyl (C=O) groups excluding carboxylic acids is 2. The van der Waals surface area contributed by atoms with Crippen LogP contribution in [0.2, 0.25) is 0 Å². The molecule has 1 heterocycles. The van der Waals surface area contributed by atoms with E-state index >= 15 is 0 Å². The molecule has 25 heavy (non-hydrogen) atoms. The van der Waals surface area contributed by atoms with Gasteiger partial charge in [0, 0.05) is 18.5 Å². The van der Waals surface area contributed by atoms with E-state index in [1.165, 1.54) is 24.3 Å². The number of Topliss-reactive ketones (excluding diaryl/α,β-unsaturated/α-hetero) is 1. The molecule has 1 unspecified atom stereocenters. The highest BCUT2D eigenvalue weighted by Gasteiger charge is 2.33. The Labute approximate surface area is 146 Å². The van der Waals surface area contributed by atoms with Crippen LogP contribution in [0.25, 0.3) is 0 Å². The van der Waals surface area contributed by atoms with E-state index in [0.717, 1.165) is 5.56 Å². The number of unbranched alkanes of at least 4 members (excludes halogenated alkanes) is 1. The lowest BCUT2D eigenvalue weighted by Gasteiger charge is -2.21. The van der Waals surface area contributed by atoms with Crippen LogP contribution in [0.3, 0.4) is 0 Å². The molecule has 0 saturated carbocycles. The first-order valence-electron chi connectivity index (χ1n) is 8.42. The van der Waals surface area contributed by atoms with Gasteiger partial charge in [0.25, 0.3) is 0 Å². The lowest BCUT2D eigenvalue weighted by atomic mass is 10.0. The Morgan fingerprint density at radius 1 is 1.08 bits per heavy atom. The number of carbonyl (C=O) groups is 2. The molecule has 0 radical (unpaired) electrons. The summed E-state index contributed by atoms with van der Waals surface area (Å²) in [5.41, 5.74) is 1.57. The van der Waals surface area contributed by atoms with Crippen molar-refractivity contribution in [2.45, 2.75) is 25.3 Å². The molecule has 0 N–H and O–H groups in total. The van der Waals surface area contributed by atoms with E-state index in [-0.39, 0.29) is 23.7 Å². The van der Waals surface area contributed by atoms with Crippen LogP contribution in [0.4, 0.5) is 9.18 Å². The Balaban J connectivity index is 1.50. The van der Waals surface area contributed by atoms with Gasteiger partial charge in [0.1, 0.15) is 12.4 Å². The van der Waals surface area contributed by atoms with Crippen LogP contribution in [0.15, 0.2) is 54.6 Å². The molecule has 1 aliphatic rings. The average Bonchev–Trinajstić information content (AvgIpc) is 3.00. The lowest BCUT2D eigenvalue weighted by molar-refractivity contribution is 0.0978. The maximum absolute atomic E-state index is 12.9. The molecule has 0 spiro atoms. The summed E-state index contributed by atoms with van der Waals surface area (Å²) in [6.07, 6.45) is 1.45. The van der Waals surface area contributed by atoms with Crippen molar-refractivity contribution >= 4 is 11.9 Å². The van der Waals surface area contributed by atoms with Crippen molar-refractivity contribution in [3.63, 3.8) is 0 Å². The Morgan fingerprint density at radius 2 is 1.80 bits per heavy atom. The number of hydrogen-bond acceptors (Lipinski definition) is 3. The van der Waals surface area contributed by atoms with Gasteiger partial charge in [0.2, 0.25) is 0 Å². The van der Waals surface area contributed by atoms with Crippen LogP contribution in [0, 0.1) is 5.82 Å². The summed E-state index contributed by atoms with van der Waals surface area (Å²) < 4.78 is 18.1. The second kappa shape index (κ2) is 7.92. The summed E-state index contributed by atoms with van der Waals surface area (Å²) in [5, 5.41) is 0. The molecule has 130 valence electrons. The molecule has 2 aromatic rings. The predicted molar refractivity (Wildman–Crippen MR) is 91.8 cm³/mol. The van der Waals surface area contributed by atoms with Gasteiger partial charge < -0.3 is 4.74 Å². The van der Waals surface area contributed by atoms with Crippen LogP contribution >= 0.6 is 0 Å². The third-order valence-corrected chi connectivity index (χ3v) is 4.38. The second-order valence-electron chi connectivity index (χ2n) is 6.08. The van der Waals surface area contributed by atoms with E-state index in [4.69, 9.17) is 4.74 Å². The van der Waals surface area contributed by atoms with E-state index in [1.807, 2.05) is 30.3 Å². The number of ether oxygens (including phenoxy) is 1. The number of rotatable bonds is 7. The second-order valence-corrected chi connectivity index (χ2v) is 6.08. The zero-order chi connectivity index (χ0) is 17.6. The maximum Gasteiger partial charge on any atom is 0.410 e. The van der Waals surface area contributed by atoms with Crippen molar-refractivity contribution in [2.24, 2.45) is 0 Å². The van der Waals surface area contributed by atoms with Gasteiger partial charge >= 0.3 is 6.09 Å². The summed E-state index contributed by atoms with van der Waals surface area (Å²) in [6.45, 7) is 0.909. The van der Waals surface area contributed by atoms with Gasteiger partial charge in [-0.2, -0.15) is 0 Å². The number of hydrogen-bond donors (Lipinski definition) is 0. The fourth-order valence-corrected chi connectivity index (χ4v) is 3.00. The van der Waals surface area contributed by atoms with Crippen molar-refractivity contribution in [1.29, 1.82) is 0 Å². The lowest BCUT2D eigenvalue weighted by Crippen LogP contribution is -2.28. The Bertz CT molecular complexity index is 730. The minimum Gasteiger partial charge on any atom is -0.447 e. The van der Waals surface area contributed by atoms with Crippen LogP contribution in [-0.2, 0) is 4.74 Å². The Kier molecular flexibility index (Phi) is 5.43. The standard InChI is InChI=1S/C20H20FNO3/c21-17-11-9-16(10-12-17)19(23)8-4-5-13-22-18(14-25-20(22)24)15-6-2-1-3-7-15/h1-3,6-7,9-12,18H,4-5,8,13-14H2. The van der Waals surface area contributed by atoms with Gasteiger partial charge in [-0.1, -0.05) is 30.3 Å². The molecule has 0 aliphatic carbocycles. The molecule has 4 nitrogen and oxygen atoms in total. The Morgan fingerprint density at radius 3 is 2.52 bits per heavy atom. The number of benzene rings is 2. The average molecular weight is 341 g/mol. The van der Waals surface area contributed by atoms with Crippen molar-refractivity contribution in [3.05, 3.63) is 71.5 Å². The van der Waals surface area contributed by atoms with Gasteiger partial charge in [-0.15, -0.1) is 0 Å². The molecule has 1 fully saturated rings. The first kappa shape index (κ1) is 17.1. The molecule has 0 aromatic heterocycles. The number of halogens is 1. The van der Waals surface area contributed by atoms with E-state index in [0.29, 0.717) is 38.0 Å². The summed E-state index contributed by atoms with van der Waals surface area (Å²) in [4.78, 5) is 25.7. The molecular weight excluding hydrogens is 321 g/mol. The number of nitrogens with zero attached hydrogens (tertiary/aromatic N) is 1. The normalized spacial score (nSPS) is 16.8. The van der Waals surface area contributed by atoms with E-state index in [9.17, 15) is 14.0 Å². The highest BCUT2D eigenvalue weighted by atomic mass is 19.1. The summed E-state index contributed by atoms with van der Waals surface area (Å²) in [6, 6.07) is 15.3. The summed E-state index contributed by atoms with van der Waals surface area (Å²) in [5.74, 6) is -0.361. The molecule has 1 saturated heterocycles. The number of cyclic esters (lactones) is 1. The van der Waals surface area contributed by atoms with Crippen LogP contribution in [0.5, 0.6) is 0 Å². The first-order chi connectivity index (χ1) is 12.1. The molecule has 1 atom stereocenters. The van der Waals surface area contributed by atoms with Gasteiger partial charge in [-0.3, -0.25) is 9.69 Å². The van der Waals surface area contributed by atoms with Gasteiger partial charge in [0.05, 0.1) is 6.04 Å².